The van der Waals surface area contributed by atoms with Crippen LogP contribution in [0, 0.1) is 5.92 Å². The second-order valence-corrected chi connectivity index (χ2v) is 7.33. The minimum Gasteiger partial charge on any atom is -0.480 e. The molecule has 2 aliphatic heterocycles. The topological polar surface area (TPSA) is 79.3 Å². The van der Waals surface area contributed by atoms with Crippen LogP contribution in [0.2, 0.25) is 0 Å². The molecule has 2 saturated heterocycles. The van der Waals surface area contributed by atoms with E-state index >= 15 is 0 Å². The Morgan fingerprint density at radius 2 is 1.87 bits per heavy atom. The molecule has 2 heterocycles. The predicted octanol–water partition coefficient (Wildman–Crippen LogP) is 1.42. The molecule has 0 spiro atoms. The molecule has 132 valence electrons. The molecular weight excluding hydrogens is 300 g/mol. The first-order valence-electron chi connectivity index (χ1n) is 8.29. The van der Waals surface area contributed by atoms with Crippen molar-refractivity contribution in [1.29, 1.82) is 0 Å². The van der Waals surface area contributed by atoms with Gasteiger partial charge in [-0.2, -0.15) is 0 Å². The molecule has 0 radical (unpaired) electrons. The molecule has 0 bridgehead atoms. The van der Waals surface area contributed by atoms with Gasteiger partial charge in [0.2, 0.25) is 0 Å². The fourth-order valence-electron chi connectivity index (χ4n) is 3.03. The van der Waals surface area contributed by atoms with E-state index in [4.69, 9.17) is 9.47 Å². The van der Waals surface area contributed by atoms with Crippen LogP contribution < -0.4 is 0 Å². The number of amides is 1. The smallest absolute Gasteiger partial charge is 0.410 e. The van der Waals surface area contributed by atoms with Gasteiger partial charge in [-0.3, -0.25) is 9.69 Å². The number of carboxylic acids is 1. The van der Waals surface area contributed by atoms with Crippen molar-refractivity contribution in [2.75, 3.05) is 39.4 Å². The van der Waals surface area contributed by atoms with Gasteiger partial charge in [-0.15, -0.1) is 0 Å². The number of carbonyl (C=O) groups is 2. The fourth-order valence-corrected chi connectivity index (χ4v) is 3.03. The second kappa shape index (κ2) is 7.49. The molecule has 0 aromatic carbocycles. The van der Waals surface area contributed by atoms with E-state index in [-0.39, 0.29) is 6.54 Å². The third kappa shape index (κ3) is 5.35. The van der Waals surface area contributed by atoms with E-state index in [9.17, 15) is 14.7 Å². The first-order chi connectivity index (χ1) is 10.8. The summed E-state index contributed by atoms with van der Waals surface area (Å²) in [6.07, 6.45) is 1.51. The van der Waals surface area contributed by atoms with Crippen molar-refractivity contribution in [2.24, 2.45) is 5.92 Å². The number of carboxylic acid groups (broad SMARTS) is 1. The summed E-state index contributed by atoms with van der Waals surface area (Å²) in [6, 6.07) is -0.667. The van der Waals surface area contributed by atoms with Crippen molar-refractivity contribution < 1.29 is 24.2 Å². The SMILES string of the molecule is CC(C)(C)OC(=O)N1CCN(CC2CCOCC2)C(C(=O)O)C1. The van der Waals surface area contributed by atoms with Crippen LogP contribution in [0.25, 0.3) is 0 Å². The maximum atomic E-state index is 12.2. The zero-order valence-electron chi connectivity index (χ0n) is 14.3. The molecule has 2 aliphatic rings. The standard InChI is InChI=1S/C16H28N2O5/c1-16(2,3)23-15(21)18-7-6-17(13(11-18)14(19)20)10-12-4-8-22-9-5-12/h12-13H,4-11H2,1-3H3,(H,19,20). The Labute approximate surface area is 137 Å². The van der Waals surface area contributed by atoms with E-state index in [2.05, 4.69) is 0 Å². The number of piperazine rings is 1. The van der Waals surface area contributed by atoms with Crippen molar-refractivity contribution in [3.05, 3.63) is 0 Å². The molecule has 2 fully saturated rings. The van der Waals surface area contributed by atoms with E-state index in [1.165, 1.54) is 4.90 Å². The highest BCUT2D eigenvalue weighted by Crippen LogP contribution is 2.21. The van der Waals surface area contributed by atoms with Gasteiger partial charge in [-0.1, -0.05) is 0 Å². The van der Waals surface area contributed by atoms with Crippen LogP contribution >= 0.6 is 0 Å². The number of ether oxygens (including phenoxy) is 2. The lowest BCUT2D eigenvalue weighted by Crippen LogP contribution is -2.59. The molecule has 2 rings (SSSR count). The lowest BCUT2D eigenvalue weighted by molar-refractivity contribution is -0.146. The van der Waals surface area contributed by atoms with Gasteiger partial charge in [-0.25, -0.2) is 4.79 Å². The van der Waals surface area contributed by atoms with Crippen LogP contribution in [0.5, 0.6) is 0 Å². The molecule has 7 nitrogen and oxygen atoms in total. The van der Waals surface area contributed by atoms with Crippen molar-refractivity contribution in [3.8, 4) is 0 Å². The maximum Gasteiger partial charge on any atom is 0.410 e. The van der Waals surface area contributed by atoms with E-state index in [0.717, 1.165) is 32.6 Å². The summed E-state index contributed by atoms with van der Waals surface area (Å²) in [5, 5.41) is 9.53. The Balaban J connectivity index is 1.94. The summed E-state index contributed by atoms with van der Waals surface area (Å²) in [4.78, 5) is 27.3. The quantitative estimate of drug-likeness (QED) is 0.844. The minimum absolute atomic E-state index is 0.174. The van der Waals surface area contributed by atoms with Crippen LogP contribution in [0.15, 0.2) is 0 Å². The first-order valence-corrected chi connectivity index (χ1v) is 8.29. The Kier molecular flexibility index (Phi) is 5.86. The highest BCUT2D eigenvalue weighted by atomic mass is 16.6. The van der Waals surface area contributed by atoms with Crippen molar-refractivity contribution in [1.82, 2.24) is 9.80 Å². The molecule has 0 aromatic heterocycles. The molecule has 1 atom stereocenters. The lowest BCUT2D eigenvalue weighted by atomic mass is 9.98. The van der Waals surface area contributed by atoms with E-state index in [1.807, 2.05) is 4.90 Å². The van der Waals surface area contributed by atoms with Gasteiger partial charge in [0.25, 0.3) is 0 Å². The highest BCUT2D eigenvalue weighted by Gasteiger charge is 2.36. The van der Waals surface area contributed by atoms with Gasteiger partial charge in [0.1, 0.15) is 11.6 Å². The summed E-state index contributed by atoms with van der Waals surface area (Å²) in [5.41, 5.74) is -0.574. The minimum atomic E-state index is -0.884. The molecule has 0 saturated carbocycles. The zero-order chi connectivity index (χ0) is 17.0. The van der Waals surface area contributed by atoms with Gasteiger partial charge in [0.05, 0.1) is 6.54 Å². The predicted molar refractivity (Wildman–Crippen MR) is 84.3 cm³/mol. The summed E-state index contributed by atoms with van der Waals surface area (Å²) < 4.78 is 10.7. The normalized spacial score (nSPS) is 24.5. The number of hydrogen-bond donors (Lipinski definition) is 1. The van der Waals surface area contributed by atoms with Gasteiger partial charge in [0, 0.05) is 32.8 Å². The Hall–Kier alpha value is -1.34. The molecule has 7 heteroatoms. The molecule has 0 aromatic rings. The van der Waals surface area contributed by atoms with Crippen LogP contribution in [-0.4, -0.2) is 78.0 Å². The van der Waals surface area contributed by atoms with Crippen LogP contribution in [0.4, 0.5) is 4.79 Å². The van der Waals surface area contributed by atoms with Crippen LogP contribution in [0.3, 0.4) is 0 Å². The fraction of sp³-hybridized carbons (Fsp3) is 0.875. The summed E-state index contributed by atoms with van der Waals surface area (Å²) in [6.45, 7) is 8.91. The van der Waals surface area contributed by atoms with Gasteiger partial charge < -0.3 is 19.5 Å². The Morgan fingerprint density at radius 3 is 2.43 bits per heavy atom. The van der Waals surface area contributed by atoms with E-state index in [1.54, 1.807) is 20.8 Å². The monoisotopic (exact) mass is 328 g/mol. The molecule has 1 amide bonds. The zero-order valence-corrected chi connectivity index (χ0v) is 14.3. The highest BCUT2D eigenvalue weighted by molar-refractivity contribution is 5.76. The lowest BCUT2D eigenvalue weighted by Gasteiger charge is -2.41. The van der Waals surface area contributed by atoms with Crippen LogP contribution in [0.1, 0.15) is 33.6 Å². The van der Waals surface area contributed by atoms with Crippen molar-refractivity contribution >= 4 is 12.1 Å². The molecule has 0 aliphatic carbocycles. The summed E-state index contributed by atoms with van der Waals surface area (Å²) in [5.74, 6) is -0.413. The Bertz CT molecular complexity index is 429. The average molecular weight is 328 g/mol. The third-order valence-electron chi connectivity index (χ3n) is 4.26. The third-order valence-corrected chi connectivity index (χ3v) is 4.26. The molecule has 1 unspecified atom stereocenters. The molecule has 1 N–H and O–H groups in total. The number of carbonyl (C=O) groups excluding carboxylic acids is 1. The Morgan fingerprint density at radius 1 is 1.22 bits per heavy atom. The van der Waals surface area contributed by atoms with E-state index < -0.39 is 23.7 Å². The van der Waals surface area contributed by atoms with Crippen LogP contribution in [-0.2, 0) is 14.3 Å². The summed E-state index contributed by atoms with van der Waals surface area (Å²) in [7, 11) is 0. The van der Waals surface area contributed by atoms with Gasteiger partial charge >= 0.3 is 12.1 Å². The van der Waals surface area contributed by atoms with Gasteiger partial charge in [-0.05, 0) is 39.5 Å². The molecule has 23 heavy (non-hydrogen) atoms. The number of rotatable bonds is 3. The van der Waals surface area contributed by atoms with Gasteiger partial charge in [0.15, 0.2) is 0 Å². The summed E-state index contributed by atoms with van der Waals surface area (Å²) >= 11 is 0. The number of nitrogens with zero attached hydrogens (tertiary/aromatic N) is 2. The first kappa shape index (κ1) is 18.0. The average Bonchev–Trinajstić information content (AvgIpc) is 2.46. The second-order valence-electron chi connectivity index (χ2n) is 7.33. The largest absolute Gasteiger partial charge is 0.480 e. The van der Waals surface area contributed by atoms with Crippen molar-refractivity contribution in [3.63, 3.8) is 0 Å². The number of hydrogen-bond acceptors (Lipinski definition) is 5. The van der Waals surface area contributed by atoms with Crippen molar-refractivity contribution in [2.45, 2.75) is 45.3 Å². The molecular formula is C16H28N2O5. The maximum absolute atomic E-state index is 12.2. The number of aliphatic carboxylic acids is 1. The van der Waals surface area contributed by atoms with E-state index in [0.29, 0.717) is 19.0 Å².